The van der Waals surface area contributed by atoms with Gasteiger partial charge in [-0.05, 0) is 48.5 Å². The molecule has 0 saturated carbocycles. The van der Waals surface area contributed by atoms with Crippen molar-refractivity contribution in [1.82, 2.24) is 5.48 Å². The number of sulfone groups is 1. The number of hydrogen-bond acceptors (Lipinski definition) is 5. The fraction of sp³-hybridized carbons (Fsp3) is 0.0667. The molecule has 0 radical (unpaired) electrons. The van der Waals surface area contributed by atoms with E-state index < -0.39 is 27.5 Å². The van der Waals surface area contributed by atoms with Crippen LogP contribution in [0.25, 0.3) is 0 Å². The minimum atomic E-state index is -3.87. The van der Waals surface area contributed by atoms with Gasteiger partial charge in [-0.15, -0.1) is 0 Å². The molecule has 2 aromatic rings. The molecule has 126 valence electrons. The summed E-state index contributed by atoms with van der Waals surface area (Å²) in [5, 5.41) is 0.805. The highest BCUT2D eigenvalue weighted by molar-refractivity contribution is 7.92. The second-order valence-electron chi connectivity index (χ2n) is 4.63. The van der Waals surface area contributed by atoms with E-state index in [0.29, 0.717) is 10.0 Å². The van der Waals surface area contributed by atoms with Gasteiger partial charge in [0.25, 0.3) is 5.91 Å². The monoisotopic (exact) mass is 387 g/mol. The van der Waals surface area contributed by atoms with Crippen molar-refractivity contribution in [2.24, 2.45) is 0 Å². The number of benzene rings is 2. The zero-order chi connectivity index (χ0) is 17.7. The van der Waals surface area contributed by atoms with Crippen molar-refractivity contribution in [2.75, 3.05) is 5.75 Å². The fourth-order valence-corrected chi connectivity index (χ4v) is 3.05. The molecule has 0 atom stereocenters. The molecule has 2 rings (SSSR count). The average molecular weight is 388 g/mol. The van der Waals surface area contributed by atoms with Crippen LogP contribution in [0.5, 0.6) is 0 Å². The normalized spacial score (nSPS) is 10.9. The number of rotatable bonds is 4. The molecule has 0 heterocycles. The lowest BCUT2D eigenvalue weighted by atomic mass is 10.2. The van der Waals surface area contributed by atoms with Crippen molar-refractivity contribution in [1.29, 1.82) is 0 Å². The minimum absolute atomic E-state index is 0.0638. The lowest BCUT2D eigenvalue weighted by Gasteiger charge is -2.07. The summed E-state index contributed by atoms with van der Waals surface area (Å²) < 4.78 is 24.1. The Morgan fingerprint density at radius 1 is 0.917 bits per heavy atom. The lowest BCUT2D eigenvalue weighted by Crippen LogP contribution is -2.32. The molecule has 0 fully saturated rings. The Labute approximate surface area is 148 Å². The Bertz CT molecular complexity index is 848. The molecule has 24 heavy (non-hydrogen) atoms. The van der Waals surface area contributed by atoms with Crippen molar-refractivity contribution >= 4 is 44.9 Å². The van der Waals surface area contributed by atoms with E-state index in [2.05, 4.69) is 4.84 Å². The van der Waals surface area contributed by atoms with Crippen LogP contribution in [-0.2, 0) is 19.5 Å². The van der Waals surface area contributed by atoms with Crippen molar-refractivity contribution in [3.8, 4) is 0 Å². The molecule has 0 aliphatic carbocycles. The van der Waals surface area contributed by atoms with Crippen LogP contribution in [0.1, 0.15) is 10.4 Å². The topological polar surface area (TPSA) is 89.5 Å². The Hall–Kier alpha value is -2.09. The third-order valence-electron chi connectivity index (χ3n) is 2.83. The molecule has 0 aliphatic heterocycles. The van der Waals surface area contributed by atoms with Gasteiger partial charge in [-0.3, -0.25) is 4.79 Å². The molecule has 0 aromatic heterocycles. The molecule has 0 saturated heterocycles. The molecule has 0 aliphatic rings. The second-order valence-corrected chi connectivity index (χ2v) is 7.50. The van der Waals surface area contributed by atoms with Crippen LogP contribution in [-0.4, -0.2) is 26.0 Å². The molecule has 9 heteroatoms. The summed E-state index contributed by atoms with van der Waals surface area (Å²) in [4.78, 5) is 27.9. The largest absolute Gasteiger partial charge is 0.362 e. The second kappa shape index (κ2) is 7.65. The van der Waals surface area contributed by atoms with Gasteiger partial charge in [0.1, 0.15) is 5.75 Å². The van der Waals surface area contributed by atoms with Crippen molar-refractivity contribution in [2.45, 2.75) is 4.90 Å². The number of carbonyl (C=O) groups excluding carboxylic acids is 2. The van der Waals surface area contributed by atoms with Gasteiger partial charge in [-0.2, -0.15) is 5.48 Å². The first kappa shape index (κ1) is 18.3. The van der Waals surface area contributed by atoms with E-state index >= 15 is 0 Å². The van der Waals surface area contributed by atoms with Gasteiger partial charge in [0.2, 0.25) is 0 Å². The third-order valence-corrected chi connectivity index (χ3v) is 4.97. The van der Waals surface area contributed by atoms with E-state index in [4.69, 9.17) is 23.2 Å². The standard InChI is InChI=1S/C15H11Cl2NO5S/c16-11-3-1-10(2-4-11)15(20)23-18-14(19)9-24(21,22)13-7-5-12(17)6-8-13/h1-8H,9H2,(H,18,19). The third kappa shape index (κ3) is 4.95. The predicted molar refractivity (Wildman–Crippen MR) is 88.5 cm³/mol. The predicted octanol–water partition coefficient (Wildman–Crippen LogP) is 2.66. The lowest BCUT2D eigenvalue weighted by molar-refractivity contribution is -0.127. The van der Waals surface area contributed by atoms with Crippen LogP contribution < -0.4 is 5.48 Å². The molecule has 1 amide bonds. The number of halogens is 2. The number of carbonyl (C=O) groups is 2. The van der Waals surface area contributed by atoms with Crippen LogP contribution in [0.2, 0.25) is 10.0 Å². The van der Waals surface area contributed by atoms with E-state index in [0.717, 1.165) is 0 Å². The maximum atomic E-state index is 12.0. The van der Waals surface area contributed by atoms with Crippen molar-refractivity contribution < 1.29 is 22.8 Å². The van der Waals surface area contributed by atoms with Crippen LogP contribution >= 0.6 is 23.2 Å². The SMILES string of the molecule is O=C(CS(=O)(=O)c1ccc(Cl)cc1)NOC(=O)c1ccc(Cl)cc1. The Morgan fingerprint density at radius 3 is 1.96 bits per heavy atom. The van der Waals surface area contributed by atoms with Crippen LogP contribution in [0, 0.1) is 0 Å². The zero-order valence-corrected chi connectivity index (χ0v) is 14.4. The first-order valence-electron chi connectivity index (χ1n) is 6.52. The molecular weight excluding hydrogens is 377 g/mol. The summed E-state index contributed by atoms with van der Waals surface area (Å²) >= 11 is 11.4. The van der Waals surface area contributed by atoms with Gasteiger partial charge in [0.05, 0.1) is 10.5 Å². The van der Waals surface area contributed by atoms with E-state index in [1.165, 1.54) is 48.5 Å². The molecule has 1 N–H and O–H groups in total. The molecule has 2 aromatic carbocycles. The van der Waals surface area contributed by atoms with E-state index in [-0.39, 0.29) is 10.5 Å². The van der Waals surface area contributed by atoms with E-state index in [1.807, 2.05) is 0 Å². The smallest absolute Gasteiger partial charge is 0.335 e. The Balaban J connectivity index is 1.94. The number of amides is 1. The maximum Gasteiger partial charge on any atom is 0.362 e. The molecule has 0 bridgehead atoms. The van der Waals surface area contributed by atoms with Gasteiger partial charge in [0.15, 0.2) is 9.84 Å². The number of hydrogen-bond donors (Lipinski definition) is 1. The fourth-order valence-electron chi connectivity index (χ4n) is 1.68. The number of hydroxylamine groups is 1. The highest BCUT2D eigenvalue weighted by atomic mass is 35.5. The highest BCUT2D eigenvalue weighted by Crippen LogP contribution is 2.15. The molecule has 0 unspecified atom stereocenters. The van der Waals surface area contributed by atoms with E-state index in [1.54, 1.807) is 5.48 Å². The van der Waals surface area contributed by atoms with Crippen molar-refractivity contribution in [3.63, 3.8) is 0 Å². The summed E-state index contributed by atoms with van der Waals surface area (Å²) in [6, 6.07) is 11.1. The van der Waals surface area contributed by atoms with E-state index in [9.17, 15) is 18.0 Å². The molecule has 0 spiro atoms. The zero-order valence-electron chi connectivity index (χ0n) is 12.0. The van der Waals surface area contributed by atoms with Gasteiger partial charge >= 0.3 is 5.97 Å². The Morgan fingerprint density at radius 2 is 1.42 bits per heavy atom. The molecule has 6 nitrogen and oxygen atoms in total. The van der Waals surface area contributed by atoms with Crippen LogP contribution in [0.4, 0.5) is 0 Å². The van der Waals surface area contributed by atoms with Gasteiger partial charge in [-0.25, -0.2) is 13.2 Å². The summed E-state index contributed by atoms with van der Waals surface area (Å²) in [5.41, 5.74) is 1.96. The summed E-state index contributed by atoms with van der Waals surface area (Å²) in [6.07, 6.45) is 0. The maximum absolute atomic E-state index is 12.0. The summed E-state index contributed by atoms with van der Waals surface area (Å²) in [6.45, 7) is 0. The van der Waals surface area contributed by atoms with Gasteiger partial charge in [-0.1, -0.05) is 23.2 Å². The van der Waals surface area contributed by atoms with Gasteiger partial charge < -0.3 is 4.84 Å². The van der Waals surface area contributed by atoms with Crippen LogP contribution in [0.3, 0.4) is 0 Å². The average Bonchev–Trinajstić information content (AvgIpc) is 2.53. The quantitative estimate of drug-likeness (QED) is 0.814. The van der Waals surface area contributed by atoms with Crippen LogP contribution in [0.15, 0.2) is 53.4 Å². The first-order chi connectivity index (χ1) is 11.3. The Kier molecular flexibility index (Phi) is 5.82. The summed E-state index contributed by atoms with van der Waals surface area (Å²) in [7, 11) is -3.87. The number of nitrogens with one attached hydrogen (secondary N) is 1. The minimum Gasteiger partial charge on any atom is -0.335 e. The van der Waals surface area contributed by atoms with Crippen molar-refractivity contribution in [3.05, 3.63) is 64.1 Å². The first-order valence-corrected chi connectivity index (χ1v) is 8.93. The summed E-state index contributed by atoms with van der Waals surface area (Å²) in [5.74, 6) is -2.70. The molecular formula is C15H11Cl2NO5S. The van der Waals surface area contributed by atoms with Gasteiger partial charge in [0, 0.05) is 10.0 Å². The highest BCUT2D eigenvalue weighted by Gasteiger charge is 2.20.